The molecule has 2 aromatic carbocycles. The normalized spacial score (nSPS) is 10.7. The monoisotopic (exact) mass is 372 g/mol. The molecule has 0 aliphatic rings. The minimum absolute atomic E-state index is 0.0529. The average Bonchev–Trinajstić information content (AvgIpc) is 2.71. The van der Waals surface area contributed by atoms with E-state index in [-0.39, 0.29) is 5.91 Å². The number of ether oxygens (including phenoxy) is 2. The molecular formula is C21H28N2O4. The van der Waals surface area contributed by atoms with Gasteiger partial charge >= 0.3 is 0 Å². The van der Waals surface area contributed by atoms with Gasteiger partial charge in [0.1, 0.15) is 0 Å². The van der Waals surface area contributed by atoms with Crippen LogP contribution in [0.1, 0.15) is 17.5 Å². The molecule has 0 radical (unpaired) electrons. The topological polar surface area (TPSA) is 51.2 Å². The maximum atomic E-state index is 12.1. The highest BCUT2D eigenvalue weighted by Crippen LogP contribution is 2.28. The van der Waals surface area contributed by atoms with Gasteiger partial charge in [0.15, 0.2) is 11.5 Å². The summed E-state index contributed by atoms with van der Waals surface area (Å²) in [6.07, 6.45) is 0.379. The van der Waals surface area contributed by atoms with Gasteiger partial charge in [0.2, 0.25) is 5.91 Å². The van der Waals surface area contributed by atoms with Crippen molar-refractivity contribution < 1.29 is 19.1 Å². The van der Waals surface area contributed by atoms with Crippen LogP contribution in [0, 0.1) is 0 Å². The Labute approximate surface area is 161 Å². The summed E-state index contributed by atoms with van der Waals surface area (Å²) >= 11 is 0. The number of benzene rings is 2. The van der Waals surface area contributed by atoms with Crippen LogP contribution < -0.4 is 9.47 Å². The van der Waals surface area contributed by atoms with Crippen molar-refractivity contribution in [3.63, 3.8) is 0 Å². The van der Waals surface area contributed by atoms with Crippen LogP contribution >= 0.6 is 0 Å². The second kappa shape index (κ2) is 10.5. The highest BCUT2D eigenvalue weighted by molar-refractivity contribution is 5.74. The van der Waals surface area contributed by atoms with Crippen molar-refractivity contribution in [2.24, 2.45) is 0 Å². The minimum Gasteiger partial charge on any atom is -0.493 e. The first kappa shape index (κ1) is 20.7. The van der Waals surface area contributed by atoms with Crippen molar-refractivity contribution >= 4 is 5.91 Å². The smallest absolute Gasteiger partial charge is 0.247 e. The highest BCUT2D eigenvalue weighted by Gasteiger charge is 2.14. The van der Waals surface area contributed by atoms with Crippen LogP contribution in [0.5, 0.6) is 11.5 Å². The molecule has 6 heteroatoms. The van der Waals surface area contributed by atoms with Crippen LogP contribution in [0.25, 0.3) is 0 Å². The Balaban J connectivity index is 2.12. The van der Waals surface area contributed by atoms with E-state index in [9.17, 15) is 4.79 Å². The van der Waals surface area contributed by atoms with Gasteiger partial charge in [-0.3, -0.25) is 14.5 Å². The van der Waals surface area contributed by atoms with Crippen LogP contribution in [0.4, 0.5) is 0 Å². The zero-order valence-corrected chi connectivity index (χ0v) is 16.5. The van der Waals surface area contributed by atoms with Gasteiger partial charge in [0.05, 0.1) is 21.3 Å². The summed E-state index contributed by atoms with van der Waals surface area (Å²) in [5.41, 5.74) is 2.29. The third-order valence-corrected chi connectivity index (χ3v) is 4.37. The molecule has 0 atom stereocenters. The third-order valence-electron chi connectivity index (χ3n) is 4.37. The molecule has 0 spiro atoms. The fraction of sp³-hybridized carbons (Fsp3) is 0.381. The molecule has 0 aliphatic heterocycles. The highest BCUT2D eigenvalue weighted by atomic mass is 16.7. The molecule has 2 aromatic rings. The van der Waals surface area contributed by atoms with Crippen LogP contribution in [-0.2, 0) is 22.7 Å². The number of hydrogen-bond donors (Lipinski definition) is 0. The number of nitrogens with zero attached hydrogens (tertiary/aromatic N) is 2. The molecule has 0 aliphatic carbocycles. The largest absolute Gasteiger partial charge is 0.493 e. The molecule has 0 heterocycles. The number of rotatable bonds is 10. The fourth-order valence-electron chi connectivity index (χ4n) is 2.81. The number of amides is 1. The zero-order valence-electron chi connectivity index (χ0n) is 16.5. The second-order valence-electron chi connectivity index (χ2n) is 6.21. The lowest BCUT2D eigenvalue weighted by Gasteiger charge is -2.24. The predicted octanol–water partition coefficient (Wildman–Crippen LogP) is 3.12. The predicted molar refractivity (Wildman–Crippen MR) is 104 cm³/mol. The summed E-state index contributed by atoms with van der Waals surface area (Å²) in [4.78, 5) is 19.3. The first-order valence-corrected chi connectivity index (χ1v) is 8.85. The molecule has 0 saturated heterocycles. The average molecular weight is 372 g/mol. The summed E-state index contributed by atoms with van der Waals surface area (Å²) in [6.45, 7) is 2.06. The van der Waals surface area contributed by atoms with E-state index in [1.54, 1.807) is 21.3 Å². The molecule has 2 rings (SSSR count). The summed E-state index contributed by atoms with van der Waals surface area (Å²) < 4.78 is 10.7. The molecule has 0 fully saturated rings. The Bertz CT molecular complexity index is 721. The molecule has 27 heavy (non-hydrogen) atoms. The Morgan fingerprint density at radius 3 is 2.19 bits per heavy atom. The van der Waals surface area contributed by atoms with Crippen molar-refractivity contribution in [3.8, 4) is 11.5 Å². The van der Waals surface area contributed by atoms with E-state index >= 15 is 0 Å². The van der Waals surface area contributed by atoms with Gasteiger partial charge in [-0.15, -0.1) is 0 Å². The Morgan fingerprint density at radius 1 is 0.889 bits per heavy atom. The lowest BCUT2D eigenvalue weighted by molar-refractivity contribution is -0.169. The Kier molecular flexibility index (Phi) is 8.10. The van der Waals surface area contributed by atoms with Gasteiger partial charge in [0, 0.05) is 33.1 Å². The first-order chi connectivity index (χ1) is 13.1. The van der Waals surface area contributed by atoms with Crippen molar-refractivity contribution in [1.82, 2.24) is 9.96 Å². The molecule has 6 nitrogen and oxygen atoms in total. The summed E-state index contributed by atoms with van der Waals surface area (Å²) in [5, 5.41) is 1.26. The maximum Gasteiger partial charge on any atom is 0.247 e. The molecule has 146 valence electrons. The quantitative estimate of drug-likeness (QED) is 0.600. The molecule has 1 amide bonds. The lowest BCUT2D eigenvalue weighted by Crippen LogP contribution is -2.31. The number of hydroxylamine groups is 2. The van der Waals surface area contributed by atoms with Gasteiger partial charge < -0.3 is 9.47 Å². The van der Waals surface area contributed by atoms with E-state index in [1.807, 2.05) is 36.4 Å². The summed E-state index contributed by atoms with van der Waals surface area (Å²) in [5.74, 6) is 1.35. The van der Waals surface area contributed by atoms with E-state index in [0.717, 1.165) is 12.1 Å². The lowest BCUT2D eigenvalue weighted by atomic mass is 10.1. The molecule has 0 bridgehead atoms. The van der Waals surface area contributed by atoms with Crippen LogP contribution in [0.2, 0.25) is 0 Å². The standard InChI is InChI=1S/C21H28N2O4/c1-22(27-4)21(24)12-13-23(15-17-8-6-5-7-9-17)16-18-10-11-19(25-2)20(14-18)26-3/h5-11,14H,12-13,15-16H2,1-4H3. The fourth-order valence-corrected chi connectivity index (χ4v) is 2.81. The third kappa shape index (κ3) is 6.27. The van der Waals surface area contributed by atoms with E-state index < -0.39 is 0 Å². The van der Waals surface area contributed by atoms with Crippen LogP contribution in [-0.4, -0.2) is 50.8 Å². The van der Waals surface area contributed by atoms with Crippen molar-refractivity contribution in [3.05, 3.63) is 59.7 Å². The molecule has 0 saturated carbocycles. The number of methoxy groups -OCH3 is 2. The van der Waals surface area contributed by atoms with Crippen LogP contribution in [0.3, 0.4) is 0 Å². The SMILES string of the molecule is COc1ccc(CN(CCC(=O)N(C)OC)Cc2ccccc2)cc1OC. The molecule has 0 unspecified atom stereocenters. The van der Waals surface area contributed by atoms with Gasteiger partial charge in [-0.2, -0.15) is 0 Å². The number of carbonyl (C=O) groups is 1. The van der Waals surface area contributed by atoms with Crippen molar-refractivity contribution in [1.29, 1.82) is 0 Å². The van der Waals surface area contributed by atoms with E-state index in [4.69, 9.17) is 14.3 Å². The zero-order chi connectivity index (χ0) is 19.6. The first-order valence-electron chi connectivity index (χ1n) is 8.85. The van der Waals surface area contributed by atoms with Gasteiger partial charge in [-0.25, -0.2) is 5.06 Å². The number of carbonyl (C=O) groups excluding carboxylic acids is 1. The van der Waals surface area contributed by atoms with Gasteiger partial charge in [-0.05, 0) is 23.3 Å². The Morgan fingerprint density at radius 2 is 1.56 bits per heavy atom. The van der Waals surface area contributed by atoms with E-state index in [1.165, 1.54) is 17.7 Å². The van der Waals surface area contributed by atoms with Gasteiger partial charge in [-0.1, -0.05) is 36.4 Å². The molecule has 0 N–H and O–H groups in total. The second-order valence-corrected chi connectivity index (χ2v) is 6.21. The minimum atomic E-state index is -0.0529. The molecule has 0 aromatic heterocycles. The van der Waals surface area contributed by atoms with Crippen LogP contribution in [0.15, 0.2) is 48.5 Å². The van der Waals surface area contributed by atoms with Crippen molar-refractivity contribution in [2.45, 2.75) is 19.5 Å². The number of hydrogen-bond acceptors (Lipinski definition) is 5. The summed E-state index contributed by atoms with van der Waals surface area (Å²) in [7, 11) is 6.36. The Hall–Kier alpha value is -2.57. The van der Waals surface area contributed by atoms with Gasteiger partial charge in [0.25, 0.3) is 0 Å². The summed E-state index contributed by atoms with van der Waals surface area (Å²) in [6, 6.07) is 16.1. The van der Waals surface area contributed by atoms with Crippen molar-refractivity contribution in [2.75, 3.05) is 34.9 Å². The van der Waals surface area contributed by atoms with E-state index in [2.05, 4.69) is 17.0 Å². The van der Waals surface area contributed by atoms with E-state index in [0.29, 0.717) is 31.0 Å². The molecular weight excluding hydrogens is 344 g/mol. The maximum absolute atomic E-state index is 12.1.